The molecular weight excluding hydrogens is 398 g/mol. The molecule has 3 N–H and O–H groups in total. The lowest BCUT2D eigenvalue weighted by Gasteiger charge is -2.56. The van der Waals surface area contributed by atoms with Gasteiger partial charge >= 0.3 is 0 Å². The summed E-state index contributed by atoms with van der Waals surface area (Å²) in [6.07, 6.45) is 6.58. The van der Waals surface area contributed by atoms with Gasteiger partial charge in [0.1, 0.15) is 0 Å². The number of benzene rings is 1. The van der Waals surface area contributed by atoms with Gasteiger partial charge in [0.2, 0.25) is 0 Å². The Kier molecular flexibility index (Phi) is 6.57. The molecule has 3 aliphatic carbocycles. The van der Waals surface area contributed by atoms with E-state index in [2.05, 4.69) is 25.7 Å². The normalized spacial score (nSPS) is 39.5. The van der Waals surface area contributed by atoms with Crippen molar-refractivity contribution in [2.24, 2.45) is 34.5 Å². The average molecular weight is 440 g/mol. The van der Waals surface area contributed by atoms with Gasteiger partial charge in [-0.25, -0.2) is 0 Å². The molecule has 0 saturated heterocycles. The number of aliphatic hydroxyl groups is 2. The van der Waals surface area contributed by atoms with Gasteiger partial charge in [-0.05, 0) is 98.5 Å². The van der Waals surface area contributed by atoms with E-state index in [1.165, 1.54) is 5.57 Å². The number of aryl methyl sites for hydroxylation is 1. The van der Waals surface area contributed by atoms with Crippen LogP contribution in [0, 0.1) is 41.4 Å². The van der Waals surface area contributed by atoms with Crippen molar-refractivity contribution in [2.75, 3.05) is 13.2 Å². The highest BCUT2D eigenvalue weighted by Gasteiger charge is 2.56. The lowest BCUT2D eigenvalue weighted by atomic mass is 9.49. The van der Waals surface area contributed by atoms with Gasteiger partial charge in [-0.3, -0.25) is 4.79 Å². The summed E-state index contributed by atoms with van der Waals surface area (Å²) in [7, 11) is 0. The minimum Gasteiger partial charge on any atom is -0.396 e. The molecule has 176 valence electrons. The number of hydrogen-bond acceptors (Lipinski definition) is 3. The number of carbonyl (C=O) groups excluding carboxylic acids is 1. The van der Waals surface area contributed by atoms with Gasteiger partial charge in [0.15, 0.2) is 0 Å². The van der Waals surface area contributed by atoms with Crippen LogP contribution >= 0.6 is 0 Å². The lowest BCUT2D eigenvalue weighted by molar-refractivity contribution is -0.0928. The third kappa shape index (κ3) is 4.05. The molecule has 3 saturated carbocycles. The van der Waals surface area contributed by atoms with E-state index in [4.69, 9.17) is 0 Å². The SMILES string of the molecule is C=C1CCC2C(CNC(=O)c3ccc(C)cc3)C(C3(C)CCC(O)CC3CO)CCC12C. The second kappa shape index (κ2) is 8.95. The van der Waals surface area contributed by atoms with E-state index >= 15 is 0 Å². The third-order valence-corrected chi connectivity index (χ3v) is 9.78. The Hall–Kier alpha value is -1.65. The standard InChI is InChI=1S/C28H41NO3/c1-18-5-8-20(9-6-18)26(32)29-16-23-24-10-7-19(2)27(24,3)14-12-25(23)28(4)13-11-22(31)15-21(28)17-30/h5-6,8-9,21-25,30-31H,2,7,10-17H2,1,3-4H3,(H,29,32). The number of nitrogens with one attached hydrogen (secondary N) is 1. The Morgan fingerprint density at radius 2 is 1.84 bits per heavy atom. The third-order valence-electron chi connectivity index (χ3n) is 9.78. The summed E-state index contributed by atoms with van der Waals surface area (Å²) < 4.78 is 0. The largest absolute Gasteiger partial charge is 0.396 e. The second-order valence-electron chi connectivity index (χ2n) is 11.4. The highest BCUT2D eigenvalue weighted by molar-refractivity contribution is 5.94. The number of hydrogen-bond donors (Lipinski definition) is 3. The zero-order valence-corrected chi connectivity index (χ0v) is 20.1. The summed E-state index contributed by atoms with van der Waals surface area (Å²) >= 11 is 0. The summed E-state index contributed by atoms with van der Waals surface area (Å²) in [5.41, 5.74) is 3.37. The van der Waals surface area contributed by atoms with Crippen molar-refractivity contribution in [2.45, 2.75) is 71.8 Å². The quantitative estimate of drug-likeness (QED) is 0.573. The van der Waals surface area contributed by atoms with E-state index in [1.807, 2.05) is 31.2 Å². The van der Waals surface area contributed by atoms with Crippen LogP contribution in [0.2, 0.25) is 0 Å². The molecule has 7 unspecified atom stereocenters. The molecule has 0 radical (unpaired) electrons. The molecule has 0 heterocycles. The molecular formula is C28H41NO3. The van der Waals surface area contributed by atoms with Crippen LogP contribution in [0.25, 0.3) is 0 Å². The first-order chi connectivity index (χ1) is 15.2. The van der Waals surface area contributed by atoms with Crippen LogP contribution in [0.5, 0.6) is 0 Å². The summed E-state index contributed by atoms with van der Waals surface area (Å²) in [5, 5.41) is 23.8. The molecule has 0 aromatic heterocycles. The van der Waals surface area contributed by atoms with E-state index in [9.17, 15) is 15.0 Å². The highest BCUT2D eigenvalue weighted by Crippen LogP contribution is 2.63. The maximum absolute atomic E-state index is 13.0. The smallest absolute Gasteiger partial charge is 0.251 e. The Morgan fingerprint density at radius 3 is 2.53 bits per heavy atom. The van der Waals surface area contributed by atoms with Crippen molar-refractivity contribution in [3.05, 3.63) is 47.5 Å². The molecule has 1 aromatic carbocycles. The first-order valence-corrected chi connectivity index (χ1v) is 12.5. The lowest BCUT2D eigenvalue weighted by Crippen LogP contribution is -2.53. The van der Waals surface area contributed by atoms with Gasteiger partial charge in [-0.15, -0.1) is 0 Å². The van der Waals surface area contributed by atoms with Crippen LogP contribution in [0.4, 0.5) is 0 Å². The Bertz CT molecular complexity index is 849. The van der Waals surface area contributed by atoms with Crippen molar-refractivity contribution in [1.82, 2.24) is 5.32 Å². The minimum atomic E-state index is -0.306. The molecule has 7 atom stereocenters. The van der Waals surface area contributed by atoms with E-state index < -0.39 is 0 Å². The number of aliphatic hydroxyl groups excluding tert-OH is 2. The molecule has 1 aromatic rings. The highest BCUT2D eigenvalue weighted by atomic mass is 16.3. The molecule has 3 aliphatic rings. The van der Waals surface area contributed by atoms with Crippen LogP contribution in [-0.4, -0.2) is 35.4 Å². The first kappa shape index (κ1) is 23.5. The molecule has 4 nitrogen and oxygen atoms in total. The average Bonchev–Trinajstić information content (AvgIpc) is 3.08. The van der Waals surface area contributed by atoms with Crippen molar-refractivity contribution in [1.29, 1.82) is 0 Å². The summed E-state index contributed by atoms with van der Waals surface area (Å²) in [6.45, 7) is 12.0. The fraction of sp³-hybridized carbons (Fsp3) is 0.679. The van der Waals surface area contributed by atoms with Crippen LogP contribution in [0.1, 0.15) is 74.7 Å². The Balaban J connectivity index is 1.60. The zero-order chi connectivity index (χ0) is 23.1. The summed E-state index contributed by atoms with van der Waals surface area (Å²) in [4.78, 5) is 13.0. The van der Waals surface area contributed by atoms with Gasteiger partial charge < -0.3 is 15.5 Å². The molecule has 4 heteroatoms. The molecule has 4 rings (SSSR count). The Labute approximate surface area is 193 Å². The molecule has 0 bridgehead atoms. The fourth-order valence-electron chi connectivity index (χ4n) is 7.48. The van der Waals surface area contributed by atoms with Crippen molar-refractivity contribution < 1.29 is 15.0 Å². The number of fused-ring (bicyclic) bond motifs is 1. The van der Waals surface area contributed by atoms with E-state index in [0.717, 1.165) is 44.1 Å². The van der Waals surface area contributed by atoms with Crippen LogP contribution in [0.15, 0.2) is 36.4 Å². The van der Waals surface area contributed by atoms with Crippen LogP contribution in [-0.2, 0) is 0 Å². The second-order valence-corrected chi connectivity index (χ2v) is 11.4. The fourth-order valence-corrected chi connectivity index (χ4v) is 7.48. The van der Waals surface area contributed by atoms with Crippen molar-refractivity contribution in [3.63, 3.8) is 0 Å². The van der Waals surface area contributed by atoms with Crippen LogP contribution in [0.3, 0.4) is 0 Å². The maximum atomic E-state index is 13.0. The number of allylic oxidation sites excluding steroid dienone is 1. The Morgan fingerprint density at radius 1 is 1.12 bits per heavy atom. The predicted octanol–water partition coefficient (Wildman–Crippen LogP) is 4.88. The van der Waals surface area contributed by atoms with Gasteiger partial charge in [0, 0.05) is 18.7 Å². The monoisotopic (exact) mass is 439 g/mol. The molecule has 0 aliphatic heterocycles. The zero-order valence-electron chi connectivity index (χ0n) is 20.1. The molecule has 3 fully saturated rings. The van der Waals surface area contributed by atoms with Crippen molar-refractivity contribution >= 4 is 5.91 Å². The first-order valence-electron chi connectivity index (χ1n) is 12.5. The van der Waals surface area contributed by atoms with Gasteiger partial charge in [-0.2, -0.15) is 0 Å². The van der Waals surface area contributed by atoms with E-state index in [-0.39, 0.29) is 35.4 Å². The van der Waals surface area contributed by atoms with Gasteiger partial charge in [-0.1, -0.05) is 43.7 Å². The van der Waals surface area contributed by atoms with E-state index in [0.29, 0.717) is 36.3 Å². The minimum absolute atomic E-state index is 0.00391. The van der Waals surface area contributed by atoms with Crippen LogP contribution < -0.4 is 5.32 Å². The molecule has 32 heavy (non-hydrogen) atoms. The number of rotatable bonds is 5. The molecule has 0 spiro atoms. The molecule has 1 amide bonds. The maximum Gasteiger partial charge on any atom is 0.251 e. The summed E-state index contributed by atoms with van der Waals surface area (Å²) in [6, 6.07) is 7.76. The topological polar surface area (TPSA) is 69.6 Å². The summed E-state index contributed by atoms with van der Waals surface area (Å²) in [5.74, 6) is 1.40. The number of amides is 1. The number of carbonyl (C=O) groups is 1. The van der Waals surface area contributed by atoms with Crippen molar-refractivity contribution in [3.8, 4) is 0 Å². The predicted molar refractivity (Wildman–Crippen MR) is 128 cm³/mol. The van der Waals surface area contributed by atoms with E-state index in [1.54, 1.807) is 0 Å². The van der Waals surface area contributed by atoms with Gasteiger partial charge in [0.05, 0.1) is 6.10 Å². The van der Waals surface area contributed by atoms with Gasteiger partial charge in [0.25, 0.3) is 5.91 Å².